The lowest BCUT2D eigenvalue weighted by atomic mass is 10.2. The van der Waals surface area contributed by atoms with Crippen LogP contribution in [0.25, 0.3) is 0 Å². The van der Waals surface area contributed by atoms with E-state index in [0.717, 1.165) is 15.9 Å². The summed E-state index contributed by atoms with van der Waals surface area (Å²) < 4.78 is 84.3. The van der Waals surface area contributed by atoms with Gasteiger partial charge in [0.25, 0.3) is 10.0 Å². The smallest absolute Gasteiger partial charge is 0.261 e. The highest BCUT2D eigenvalue weighted by Gasteiger charge is 2.32. The summed E-state index contributed by atoms with van der Waals surface area (Å²) in [4.78, 5) is -0.654. The Bertz CT molecular complexity index is 1330. The number of rotatable bonds is 11. The molecule has 1 N–H and O–H groups in total. The molecule has 0 heterocycles. The first-order valence-corrected chi connectivity index (χ1v) is 15.4. The molecule has 2 rings (SSSR count). The number of nitrogens with one attached hydrogen (secondary N) is 1. The van der Waals surface area contributed by atoms with E-state index in [1.807, 2.05) is 6.92 Å². The van der Waals surface area contributed by atoms with E-state index in [1.165, 1.54) is 29.4 Å². The SMILES string of the molecule is CCN(CC)S(=O)(=O)c1cc(C)c(NS(=O)(=O)c2ccc(C)cc2)c(S(=O)(=O)N(CC)CC)c1. The molecule has 190 valence electrons. The van der Waals surface area contributed by atoms with Crippen molar-refractivity contribution in [2.24, 2.45) is 0 Å². The number of sulfonamides is 3. The maximum absolute atomic E-state index is 13.5. The molecule has 2 aromatic carbocycles. The molecule has 0 unspecified atom stereocenters. The Morgan fingerprint density at radius 1 is 0.676 bits per heavy atom. The zero-order chi connectivity index (χ0) is 25.9. The van der Waals surface area contributed by atoms with Gasteiger partial charge in [0, 0.05) is 26.2 Å². The van der Waals surface area contributed by atoms with E-state index in [2.05, 4.69) is 4.72 Å². The zero-order valence-corrected chi connectivity index (χ0v) is 22.8. The molecule has 0 aliphatic carbocycles. The Balaban J connectivity index is 2.82. The van der Waals surface area contributed by atoms with Crippen LogP contribution >= 0.6 is 0 Å². The third kappa shape index (κ3) is 5.62. The molecule has 9 nitrogen and oxygen atoms in total. The van der Waals surface area contributed by atoms with Gasteiger partial charge in [0.1, 0.15) is 4.90 Å². The van der Waals surface area contributed by atoms with Crippen molar-refractivity contribution >= 4 is 35.8 Å². The molecular formula is C22H33N3O6S3. The molecule has 0 saturated heterocycles. The van der Waals surface area contributed by atoms with E-state index in [4.69, 9.17) is 0 Å². The van der Waals surface area contributed by atoms with Crippen molar-refractivity contribution < 1.29 is 25.3 Å². The van der Waals surface area contributed by atoms with Gasteiger partial charge in [0.15, 0.2) is 0 Å². The van der Waals surface area contributed by atoms with E-state index in [1.54, 1.807) is 39.8 Å². The van der Waals surface area contributed by atoms with Gasteiger partial charge in [0.05, 0.1) is 15.5 Å². The lowest BCUT2D eigenvalue weighted by molar-refractivity contribution is 0.443. The quantitative estimate of drug-likeness (QED) is 0.475. The zero-order valence-electron chi connectivity index (χ0n) is 20.4. The van der Waals surface area contributed by atoms with E-state index in [0.29, 0.717) is 0 Å². The maximum atomic E-state index is 13.5. The Kier molecular flexibility index (Phi) is 8.92. The fourth-order valence-corrected chi connectivity index (χ4v) is 8.10. The van der Waals surface area contributed by atoms with Crippen molar-refractivity contribution in [1.82, 2.24) is 8.61 Å². The van der Waals surface area contributed by atoms with Crippen molar-refractivity contribution in [1.29, 1.82) is 0 Å². The van der Waals surface area contributed by atoms with Gasteiger partial charge in [-0.15, -0.1) is 0 Å². The van der Waals surface area contributed by atoms with Crippen LogP contribution in [0.4, 0.5) is 5.69 Å². The highest BCUT2D eigenvalue weighted by molar-refractivity contribution is 7.93. The second-order valence-electron chi connectivity index (χ2n) is 7.71. The summed E-state index contributed by atoms with van der Waals surface area (Å²) in [6, 6.07) is 8.45. The van der Waals surface area contributed by atoms with E-state index in [-0.39, 0.29) is 47.2 Å². The van der Waals surface area contributed by atoms with Crippen molar-refractivity contribution in [2.45, 2.75) is 56.2 Å². The second kappa shape index (κ2) is 10.7. The van der Waals surface area contributed by atoms with Gasteiger partial charge in [0.2, 0.25) is 20.0 Å². The molecule has 34 heavy (non-hydrogen) atoms. The number of anilines is 1. The van der Waals surface area contributed by atoms with Crippen LogP contribution in [-0.4, -0.2) is 60.0 Å². The van der Waals surface area contributed by atoms with Crippen LogP contribution in [-0.2, 0) is 30.1 Å². The highest BCUT2D eigenvalue weighted by atomic mass is 32.2. The fourth-order valence-electron chi connectivity index (χ4n) is 3.53. The largest absolute Gasteiger partial charge is 0.278 e. The van der Waals surface area contributed by atoms with Gasteiger partial charge in [-0.3, -0.25) is 4.72 Å². The first-order valence-electron chi connectivity index (χ1n) is 11.0. The first-order chi connectivity index (χ1) is 15.8. The van der Waals surface area contributed by atoms with Gasteiger partial charge >= 0.3 is 0 Å². The van der Waals surface area contributed by atoms with E-state index >= 15 is 0 Å². The van der Waals surface area contributed by atoms with Crippen molar-refractivity contribution in [3.05, 3.63) is 47.5 Å². The van der Waals surface area contributed by atoms with Crippen LogP contribution in [0.1, 0.15) is 38.8 Å². The lowest BCUT2D eigenvalue weighted by Gasteiger charge is -2.24. The topological polar surface area (TPSA) is 121 Å². The van der Waals surface area contributed by atoms with Crippen LogP contribution in [0.3, 0.4) is 0 Å². The number of benzene rings is 2. The third-order valence-electron chi connectivity index (χ3n) is 5.51. The minimum Gasteiger partial charge on any atom is -0.278 e. The summed E-state index contributed by atoms with van der Waals surface area (Å²) in [6.45, 7) is 10.7. The maximum Gasteiger partial charge on any atom is 0.261 e. The molecule has 0 aliphatic rings. The molecule has 0 bridgehead atoms. The monoisotopic (exact) mass is 531 g/mol. The summed E-state index contributed by atoms with van der Waals surface area (Å²) in [7, 11) is -12.3. The molecule has 0 spiro atoms. The minimum atomic E-state index is -4.21. The Morgan fingerprint density at radius 3 is 1.62 bits per heavy atom. The van der Waals surface area contributed by atoms with Gasteiger partial charge in [-0.05, 0) is 43.7 Å². The summed E-state index contributed by atoms with van der Waals surface area (Å²) in [5.74, 6) is 0. The van der Waals surface area contributed by atoms with E-state index in [9.17, 15) is 25.3 Å². The van der Waals surface area contributed by atoms with Crippen LogP contribution < -0.4 is 4.72 Å². The standard InChI is InChI=1S/C22H33N3O6S3/c1-7-24(8-2)33(28,29)20-15-18(6)22(21(16-20)34(30,31)25(9-3)10-4)23-32(26,27)19-13-11-17(5)12-14-19/h11-16,23H,7-10H2,1-6H3. The summed E-state index contributed by atoms with van der Waals surface area (Å²) in [6.07, 6.45) is 0. The predicted octanol–water partition coefficient (Wildman–Crippen LogP) is 3.17. The molecule has 0 amide bonds. The van der Waals surface area contributed by atoms with Crippen LogP contribution in [0.5, 0.6) is 0 Å². The number of hydrogen-bond acceptors (Lipinski definition) is 6. The summed E-state index contributed by atoms with van der Waals surface area (Å²) in [5, 5.41) is 0. The molecule has 0 radical (unpaired) electrons. The Labute approximate surface area is 203 Å². The van der Waals surface area contributed by atoms with Crippen molar-refractivity contribution in [2.75, 3.05) is 30.9 Å². The fraction of sp³-hybridized carbons (Fsp3) is 0.455. The Morgan fingerprint density at radius 2 is 1.15 bits per heavy atom. The van der Waals surface area contributed by atoms with Crippen LogP contribution in [0, 0.1) is 13.8 Å². The lowest BCUT2D eigenvalue weighted by Crippen LogP contribution is -2.33. The first kappa shape index (κ1) is 28.2. The van der Waals surface area contributed by atoms with Gasteiger partial charge < -0.3 is 0 Å². The number of aryl methyl sites for hydroxylation is 2. The van der Waals surface area contributed by atoms with Gasteiger partial charge in [-0.1, -0.05) is 45.4 Å². The third-order valence-corrected chi connectivity index (χ3v) is 11.0. The Hall–Kier alpha value is -1.99. The number of hydrogen-bond donors (Lipinski definition) is 1. The van der Waals surface area contributed by atoms with Crippen LogP contribution in [0.15, 0.2) is 51.1 Å². The molecule has 0 aliphatic heterocycles. The molecule has 0 saturated carbocycles. The van der Waals surface area contributed by atoms with E-state index < -0.39 is 35.0 Å². The molecule has 12 heteroatoms. The summed E-state index contributed by atoms with van der Waals surface area (Å²) in [5.41, 5.74) is 0.867. The van der Waals surface area contributed by atoms with Crippen molar-refractivity contribution in [3.8, 4) is 0 Å². The predicted molar refractivity (Wildman–Crippen MR) is 133 cm³/mol. The minimum absolute atomic E-state index is 0.0384. The van der Waals surface area contributed by atoms with Crippen LogP contribution in [0.2, 0.25) is 0 Å². The average molecular weight is 532 g/mol. The molecule has 0 aromatic heterocycles. The van der Waals surface area contributed by atoms with Crippen molar-refractivity contribution in [3.63, 3.8) is 0 Å². The summed E-state index contributed by atoms with van der Waals surface area (Å²) >= 11 is 0. The average Bonchev–Trinajstić information content (AvgIpc) is 2.76. The second-order valence-corrected chi connectivity index (χ2v) is 13.2. The molecule has 2 aromatic rings. The normalized spacial score (nSPS) is 12.9. The molecular weight excluding hydrogens is 498 g/mol. The molecule has 0 fully saturated rings. The highest BCUT2D eigenvalue weighted by Crippen LogP contribution is 2.34. The number of nitrogens with zero attached hydrogens (tertiary/aromatic N) is 2. The molecule has 0 atom stereocenters. The van der Waals surface area contributed by atoms with Gasteiger partial charge in [-0.25, -0.2) is 25.3 Å². The van der Waals surface area contributed by atoms with Gasteiger partial charge in [-0.2, -0.15) is 8.61 Å².